The van der Waals surface area contributed by atoms with Crippen LogP contribution in [0.15, 0.2) is 30.3 Å². The van der Waals surface area contributed by atoms with Gasteiger partial charge in [-0.3, -0.25) is 0 Å². The molecule has 3 rings (SSSR count). The third kappa shape index (κ3) is 3.18. The molecule has 7 heteroatoms. The van der Waals surface area contributed by atoms with Crippen molar-refractivity contribution in [1.29, 1.82) is 0 Å². The van der Waals surface area contributed by atoms with Crippen molar-refractivity contribution in [1.82, 2.24) is 9.97 Å². The van der Waals surface area contributed by atoms with E-state index < -0.39 is 11.6 Å². The van der Waals surface area contributed by atoms with Gasteiger partial charge in [0.25, 0.3) is 0 Å². The van der Waals surface area contributed by atoms with E-state index in [1.165, 1.54) is 12.1 Å². The maximum Gasteiger partial charge on any atom is 0.201 e. The highest BCUT2D eigenvalue weighted by Gasteiger charge is 2.10. The molecule has 1 heterocycles. The van der Waals surface area contributed by atoms with Crippen molar-refractivity contribution in [2.24, 2.45) is 0 Å². The van der Waals surface area contributed by atoms with Crippen molar-refractivity contribution < 1.29 is 18.3 Å². The topological polar surface area (TPSA) is 59.2 Å². The number of nitrogens with zero attached hydrogens (tertiary/aromatic N) is 1. The van der Waals surface area contributed by atoms with Gasteiger partial charge in [0, 0.05) is 24.7 Å². The molecule has 0 radical (unpaired) electrons. The lowest BCUT2D eigenvalue weighted by atomic mass is 10.2. The van der Waals surface area contributed by atoms with Crippen LogP contribution in [0.25, 0.3) is 11.0 Å². The average molecular weight is 319 g/mol. The summed E-state index contributed by atoms with van der Waals surface area (Å²) >= 11 is 0. The lowest BCUT2D eigenvalue weighted by Crippen LogP contribution is -2.01. The van der Waals surface area contributed by atoms with Crippen molar-refractivity contribution in [2.45, 2.75) is 6.54 Å². The first kappa shape index (κ1) is 15.1. The van der Waals surface area contributed by atoms with Gasteiger partial charge in [-0.05, 0) is 17.7 Å². The molecule has 0 aliphatic rings. The Balaban J connectivity index is 1.83. The van der Waals surface area contributed by atoms with Crippen molar-refractivity contribution in [3.63, 3.8) is 0 Å². The van der Waals surface area contributed by atoms with E-state index in [0.29, 0.717) is 28.5 Å². The maximum atomic E-state index is 13.2. The highest BCUT2D eigenvalue weighted by atomic mass is 19.1. The van der Waals surface area contributed by atoms with Crippen molar-refractivity contribution >= 4 is 17.0 Å². The number of hydrogen-bond donors (Lipinski definition) is 2. The summed E-state index contributed by atoms with van der Waals surface area (Å²) in [7, 11) is 3.10. The number of hydrogen-bond acceptors (Lipinski definition) is 4. The minimum absolute atomic E-state index is 0.239. The second-order valence-electron chi connectivity index (χ2n) is 4.94. The van der Waals surface area contributed by atoms with Gasteiger partial charge in [-0.1, -0.05) is 0 Å². The first-order chi connectivity index (χ1) is 11.1. The first-order valence-corrected chi connectivity index (χ1v) is 6.89. The molecule has 0 unspecified atom stereocenters. The third-order valence-corrected chi connectivity index (χ3v) is 3.37. The van der Waals surface area contributed by atoms with Crippen LogP contribution in [0.5, 0.6) is 11.5 Å². The van der Waals surface area contributed by atoms with Gasteiger partial charge >= 0.3 is 0 Å². The molecule has 23 heavy (non-hydrogen) atoms. The molecule has 120 valence electrons. The number of benzene rings is 2. The summed E-state index contributed by atoms with van der Waals surface area (Å²) in [6.07, 6.45) is 0. The third-order valence-electron chi connectivity index (χ3n) is 3.37. The summed E-state index contributed by atoms with van der Waals surface area (Å²) < 4.78 is 36.8. The summed E-state index contributed by atoms with van der Waals surface area (Å²) in [6, 6.07) is 6.89. The summed E-state index contributed by atoms with van der Waals surface area (Å²) in [4.78, 5) is 7.44. The van der Waals surface area contributed by atoms with E-state index in [4.69, 9.17) is 9.47 Å². The van der Waals surface area contributed by atoms with E-state index in [9.17, 15) is 8.78 Å². The Labute approximate surface area is 131 Å². The van der Waals surface area contributed by atoms with Gasteiger partial charge in [-0.2, -0.15) is 0 Å². The normalized spacial score (nSPS) is 10.8. The minimum Gasteiger partial charge on any atom is -0.493 e. The molecule has 0 aliphatic carbocycles. The Hall–Kier alpha value is -2.83. The number of aromatic amines is 1. The Morgan fingerprint density at radius 1 is 1.00 bits per heavy atom. The Bertz CT molecular complexity index is 787. The van der Waals surface area contributed by atoms with E-state index in [1.54, 1.807) is 26.4 Å². The summed E-state index contributed by atoms with van der Waals surface area (Å²) in [5.41, 5.74) is 1.93. The zero-order chi connectivity index (χ0) is 16.4. The molecule has 0 bridgehead atoms. The lowest BCUT2D eigenvalue weighted by molar-refractivity contribution is 0.356. The van der Waals surface area contributed by atoms with E-state index in [2.05, 4.69) is 15.3 Å². The summed E-state index contributed by atoms with van der Waals surface area (Å²) in [6.45, 7) is 0.239. The van der Waals surface area contributed by atoms with Crippen molar-refractivity contribution in [3.05, 3.63) is 47.5 Å². The number of halogens is 2. The van der Waals surface area contributed by atoms with Gasteiger partial charge in [-0.15, -0.1) is 0 Å². The van der Waals surface area contributed by atoms with Crippen LogP contribution in [0.2, 0.25) is 0 Å². The molecule has 0 spiro atoms. The molecule has 2 N–H and O–H groups in total. The van der Waals surface area contributed by atoms with Gasteiger partial charge in [0.05, 0.1) is 25.3 Å². The zero-order valence-corrected chi connectivity index (χ0v) is 12.6. The monoisotopic (exact) mass is 319 g/mol. The van der Waals surface area contributed by atoms with Crippen molar-refractivity contribution in [3.8, 4) is 11.5 Å². The number of H-pyrrole nitrogens is 1. The number of rotatable bonds is 5. The van der Waals surface area contributed by atoms with Gasteiger partial charge in [-0.25, -0.2) is 13.8 Å². The maximum absolute atomic E-state index is 13.2. The predicted molar refractivity (Wildman–Crippen MR) is 82.9 cm³/mol. The predicted octanol–water partition coefficient (Wildman–Crippen LogP) is 3.47. The molecule has 0 amide bonds. The van der Waals surface area contributed by atoms with Crippen LogP contribution in [-0.4, -0.2) is 24.2 Å². The zero-order valence-electron chi connectivity index (χ0n) is 12.6. The number of imidazole rings is 1. The van der Waals surface area contributed by atoms with Crippen LogP contribution in [0, 0.1) is 11.6 Å². The van der Waals surface area contributed by atoms with E-state index in [0.717, 1.165) is 11.6 Å². The number of aromatic nitrogens is 2. The molecular formula is C16H15F2N3O2. The Kier molecular flexibility index (Phi) is 4.01. The highest BCUT2D eigenvalue weighted by molar-refractivity contribution is 5.81. The Morgan fingerprint density at radius 2 is 1.65 bits per heavy atom. The number of nitrogens with one attached hydrogen (secondary N) is 2. The largest absolute Gasteiger partial charge is 0.493 e. The van der Waals surface area contributed by atoms with Crippen LogP contribution in [0.4, 0.5) is 14.7 Å². The van der Waals surface area contributed by atoms with Crippen LogP contribution in [0.1, 0.15) is 5.56 Å². The molecule has 3 aromatic rings. The summed E-state index contributed by atoms with van der Waals surface area (Å²) in [5.74, 6) is 0.425. The molecule has 0 aliphatic heterocycles. The van der Waals surface area contributed by atoms with Crippen molar-refractivity contribution in [2.75, 3.05) is 19.5 Å². The van der Waals surface area contributed by atoms with Crippen LogP contribution >= 0.6 is 0 Å². The van der Waals surface area contributed by atoms with Gasteiger partial charge in [0.1, 0.15) is 11.6 Å². The standard InChI is InChI=1S/C16H15F2N3O2/c1-22-14-6-12-13(7-15(14)23-2)21-16(20-12)19-8-9-3-10(17)5-11(18)4-9/h3-7H,8H2,1-2H3,(H2,19,20,21). The van der Waals surface area contributed by atoms with Crippen LogP contribution in [-0.2, 0) is 6.54 Å². The molecule has 1 aromatic heterocycles. The number of fused-ring (bicyclic) bond motifs is 1. The fraction of sp³-hybridized carbons (Fsp3) is 0.188. The molecule has 0 fully saturated rings. The minimum atomic E-state index is -0.610. The van der Waals surface area contributed by atoms with Gasteiger partial charge in [0.2, 0.25) is 5.95 Å². The number of anilines is 1. The molecule has 5 nitrogen and oxygen atoms in total. The van der Waals surface area contributed by atoms with Crippen LogP contribution in [0.3, 0.4) is 0 Å². The van der Waals surface area contributed by atoms with Gasteiger partial charge < -0.3 is 19.8 Å². The quantitative estimate of drug-likeness (QED) is 0.756. The fourth-order valence-electron chi connectivity index (χ4n) is 2.32. The smallest absolute Gasteiger partial charge is 0.201 e. The molecule has 0 saturated carbocycles. The molecule has 2 aromatic carbocycles. The second-order valence-corrected chi connectivity index (χ2v) is 4.94. The summed E-state index contributed by atoms with van der Waals surface area (Å²) in [5, 5.41) is 3.00. The average Bonchev–Trinajstić information content (AvgIpc) is 2.92. The van der Waals surface area contributed by atoms with E-state index >= 15 is 0 Å². The van der Waals surface area contributed by atoms with E-state index in [-0.39, 0.29) is 6.54 Å². The second kappa shape index (κ2) is 6.12. The molecular weight excluding hydrogens is 304 g/mol. The fourth-order valence-corrected chi connectivity index (χ4v) is 2.32. The highest BCUT2D eigenvalue weighted by Crippen LogP contribution is 2.31. The lowest BCUT2D eigenvalue weighted by Gasteiger charge is -2.06. The number of methoxy groups -OCH3 is 2. The first-order valence-electron chi connectivity index (χ1n) is 6.89. The Morgan fingerprint density at radius 3 is 2.30 bits per heavy atom. The molecule has 0 atom stereocenters. The van der Waals surface area contributed by atoms with E-state index in [1.807, 2.05) is 0 Å². The number of ether oxygens (including phenoxy) is 2. The molecule has 0 saturated heterocycles. The SMILES string of the molecule is COc1cc2nc(NCc3cc(F)cc(F)c3)[nH]c2cc1OC. The van der Waals surface area contributed by atoms with Crippen LogP contribution < -0.4 is 14.8 Å². The van der Waals surface area contributed by atoms with Gasteiger partial charge in [0.15, 0.2) is 11.5 Å².